The third kappa shape index (κ3) is 2.67. The van der Waals surface area contributed by atoms with E-state index in [1.807, 2.05) is 0 Å². The van der Waals surface area contributed by atoms with Crippen LogP contribution in [0.3, 0.4) is 0 Å². The van der Waals surface area contributed by atoms with Gasteiger partial charge in [0, 0.05) is 0 Å². The molecule has 7 heteroatoms. The number of hydrogen-bond acceptors (Lipinski definition) is 5. The molecule has 0 atom stereocenters. The van der Waals surface area contributed by atoms with E-state index in [9.17, 15) is 9.59 Å². The fraction of sp³-hybridized carbons (Fsp3) is 0.273. The second-order valence-electron chi connectivity index (χ2n) is 3.11. The van der Waals surface area contributed by atoms with Crippen molar-refractivity contribution in [1.82, 2.24) is 0 Å². The molecule has 18 heavy (non-hydrogen) atoms. The minimum atomic E-state index is -0.659. The molecule has 1 aromatic carbocycles. The first-order valence-electron chi connectivity index (χ1n) is 4.70. The van der Waals surface area contributed by atoms with E-state index >= 15 is 0 Å². The number of methoxy groups -OCH3 is 3. The minimum Gasteiger partial charge on any atom is -0.494 e. The van der Waals surface area contributed by atoms with Crippen molar-refractivity contribution in [3.05, 3.63) is 26.1 Å². The van der Waals surface area contributed by atoms with Gasteiger partial charge in [-0.2, -0.15) is 0 Å². The van der Waals surface area contributed by atoms with Gasteiger partial charge in [0.05, 0.1) is 41.4 Å². The van der Waals surface area contributed by atoms with Gasteiger partial charge in [-0.15, -0.1) is 0 Å². The summed E-state index contributed by atoms with van der Waals surface area (Å²) >= 11 is 6.46. The van der Waals surface area contributed by atoms with Crippen LogP contribution in [0, 0.1) is 0 Å². The van der Waals surface area contributed by atoms with Gasteiger partial charge in [0.25, 0.3) is 0 Å². The minimum absolute atomic E-state index is 0.0596. The van der Waals surface area contributed by atoms with Crippen LogP contribution in [0.15, 0.2) is 15.0 Å². The fourth-order valence-electron chi connectivity index (χ4n) is 1.36. The lowest BCUT2D eigenvalue weighted by atomic mass is 10.1. The molecule has 1 rings (SSSR count). The first-order valence-corrected chi connectivity index (χ1v) is 6.29. The summed E-state index contributed by atoms with van der Waals surface area (Å²) in [6, 6.07) is 1.45. The topological polar surface area (TPSA) is 61.8 Å². The van der Waals surface area contributed by atoms with Gasteiger partial charge >= 0.3 is 11.9 Å². The zero-order chi connectivity index (χ0) is 13.9. The largest absolute Gasteiger partial charge is 0.494 e. The molecule has 5 nitrogen and oxygen atoms in total. The summed E-state index contributed by atoms with van der Waals surface area (Å²) in [6.45, 7) is 0. The highest BCUT2D eigenvalue weighted by Gasteiger charge is 2.26. The highest BCUT2D eigenvalue weighted by atomic mass is 79.9. The van der Waals surface area contributed by atoms with Crippen molar-refractivity contribution in [1.29, 1.82) is 0 Å². The average Bonchev–Trinajstić information content (AvgIpc) is 2.36. The predicted octanol–water partition coefficient (Wildman–Crippen LogP) is 2.79. The smallest absolute Gasteiger partial charge is 0.340 e. The molecule has 0 radical (unpaired) electrons. The Balaban J connectivity index is 3.60. The van der Waals surface area contributed by atoms with Crippen molar-refractivity contribution in [3.8, 4) is 5.75 Å². The van der Waals surface area contributed by atoms with Crippen molar-refractivity contribution < 1.29 is 23.8 Å². The van der Waals surface area contributed by atoms with Crippen molar-refractivity contribution in [2.45, 2.75) is 0 Å². The molecule has 98 valence electrons. The quantitative estimate of drug-likeness (QED) is 0.753. The molecule has 0 saturated carbocycles. The van der Waals surface area contributed by atoms with Gasteiger partial charge < -0.3 is 14.2 Å². The van der Waals surface area contributed by atoms with Crippen LogP contribution in [0.5, 0.6) is 5.75 Å². The van der Waals surface area contributed by atoms with Gasteiger partial charge in [-0.3, -0.25) is 0 Å². The highest BCUT2D eigenvalue weighted by Crippen LogP contribution is 2.38. The number of carbonyl (C=O) groups excluding carboxylic acids is 2. The molecule has 0 aliphatic heterocycles. The third-order valence-electron chi connectivity index (χ3n) is 2.18. The van der Waals surface area contributed by atoms with Crippen LogP contribution in [0.2, 0.25) is 0 Å². The van der Waals surface area contributed by atoms with Crippen molar-refractivity contribution in [2.75, 3.05) is 21.3 Å². The van der Waals surface area contributed by atoms with E-state index < -0.39 is 11.9 Å². The summed E-state index contributed by atoms with van der Waals surface area (Å²) in [5.41, 5.74) is 0.147. The lowest BCUT2D eigenvalue weighted by Crippen LogP contribution is -2.13. The third-order valence-corrected chi connectivity index (χ3v) is 3.52. The molecule has 0 fully saturated rings. The Morgan fingerprint density at radius 3 is 2.06 bits per heavy atom. The zero-order valence-corrected chi connectivity index (χ0v) is 13.0. The maximum Gasteiger partial charge on any atom is 0.340 e. The molecular formula is C11H10Br2O5. The fourth-order valence-corrected chi connectivity index (χ4v) is 2.97. The standard InChI is InChI=1S/C11H10Br2O5/c1-16-9-6(12)4-5(10(14)17-2)7(8(9)13)11(15)18-3/h4H,1-3H3. The second-order valence-corrected chi connectivity index (χ2v) is 4.76. The summed E-state index contributed by atoms with van der Waals surface area (Å²) < 4.78 is 15.2. The van der Waals surface area contributed by atoms with Crippen LogP contribution in [0.4, 0.5) is 0 Å². The lowest BCUT2D eigenvalue weighted by Gasteiger charge is -2.13. The van der Waals surface area contributed by atoms with E-state index in [1.165, 1.54) is 27.4 Å². The van der Waals surface area contributed by atoms with Crippen LogP contribution in [-0.4, -0.2) is 33.3 Å². The number of benzene rings is 1. The maximum absolute atomic E-state index is 11.7. The molecule has 0 spiro atoms. The van der Waals surface area contributed by atoms with E-state index in [-0.39, 0.29) is 11.1 Å². The van der Waals surface area contributed by atoms with E-state index in [0.717, 1.165) is 0 Å². The Hall–Kier alpha value is -1.08. The van der Waals surface area contributed by atoms with Gasteiger partial charge in [-0.1, -0.05) is 0 Å². The van der Waals surface area contributed by atoms with Crippen LogP contribution >= 0.6 is 31.9 Å². The monoisotopic (exact) mass is 380 g/mol. The summed E-state index contributed by atoms with van der Waals surface area (Å²) in [5, 5.41) is 0. The van der Waals surface area contributed by atoms with Gasteiger partial charge in [-0.25, -0.2) is 9.59 Å². The van der Waals surface area contributed by atoms with Crippen molar-refractivity contribution >= 4 is 43.8 Å². The van der Waals surface area contributed by atoms with Crippen LogP contribution < -0.4 is 4.74 Å². The number of rotatable bonds is 3. The Labute approximate surface area is 121 Å². The molecular weight excluding hydrogens is 372 g/mol. The predicted molar refractivity (Wildman–Crippen MR) is 71.1 cm³/mol. The Bertz CT molecular complexity index is 499. The summed E-state index contributed by atoms with van der Waals surface area (Å²) in [7, 11) is 3.91. The number of ether oxygens (including phenoxy) is 3. The van der Waals surface area contributed by atoms with Gasteiger partial charge in [0.2, 0.25) is 0 Å². The van der Waals surface area contributed by atoms with Gasteiger partial charge in [-0.05, 0) is 37.9 Å². The van der Waals surface area contributed by atoms with Crippen LogP contribution in [0.1, 0.15) is 20.7 Å². The molecule has 0 aromatic heterocycles. The molecule has 0 saturated heterocycles. The van der Waals surface area contributed by atoms with E-state index in [2.05, 4.69) is 41.3 Å². The van der Waals surface area contributed by atoms with Gasteiger partial charge in [0.15, 0.2) is 0 Å². The lowest BCUT2D eigenvalue weighted by molar-refractivity contribution is 0.0554. The Morgan fingerprint density at radius 1 is 1.06 bits per heavy atom. The second kappa shape index (κ2) is 6.19. The number of hydrogen-bond donors (Lipinski definition) is 0. The molecule has 0 aliphatic carbocycles. The van der Waals surface area contributed by atoms with E-state index in [0.29, 0.717) is 14.7 Å². The molecule has 0 amide bonds. The SMILES string of the molecule is COC(=O)c1cc(Br)c(OC)c(Br)c1C(=O)OC. The van der Waals surface area contributed by atoms with E-state index in [4.69, 9.17) is 4.74 Å². The number of halogens is 2. The summed E-state index contributed by atoms with van der Waals surface area (Å²) in [5.74, 6) is -0.907. The van der Waals surface area contributed by atoms with Gasteiger partial charge in [0.1, 0.15) is 5.75 Å². The first-order chi connectivity index (χ1) is 8.47. The molecule has 0 N–H and O–H groups in total. The van der Waals surface area contributed by atoms with E-state index in [1.54, 1.807) is 0 Å². The van der Waals surface area contributed by atoms with Crippen LogP contribution in [-0.2, 0) is 9.47 Å². The average molecular weight is 382 g/mol. The summed E-state index contributed by atoms with van der Waals surface area (Å²) in [6.07, 6.45) is 0. The number of carbonyl (C=O) groups is 2. The molecule has 0 bridgehead atoms. The summed E-state index contributed by atoms with van der Waals surface area (Å²) in [4.78, 5) is 23.4. The maximum atomic E-state index is 11.7. The molecule has 0 heterocycles. The Morgan fingerprint density at radius 2 is 1.61 bits per heavy atom. The highest BCUT2D eigenvalue weighted by molar-refractivity contribution is 9.11. The first kappa shape index (κ1) is 15.0. The zero-order valence-electron chi connectivity index (χ0n) is 9.87. The van der Waals surface area contributed by atoms with Crippen molar-refractivity contribution in [3.63, 3.8) is 0 Å². The van der Waals surface area contributed by atoms with Crippen LogP contribution in [0.25, 0.3) is 0 Å². The number of esters is 2. The van der Waals surface area contributed by atoms with Crippen molar-refractivity contribution in [2.24, 2.45) is 0 Å². The normalized spacial score (nSPS) is 9.83. The molecule has 0 unspecified atom stereocenters. The molecule has 1 aromatic rings. The molecule has 0 aliphatic rings. The Kier molecular flexibility index (Phi) is 5.15.